The Hall–Kier alpha value is -0.860. The number of nitrogens with zero attached hydrogens (tertiary/aromatic N) is 3. The lowest BCUT2D eigenvalue weighted by Gasteiger charge is -2.31. The fourth-order valence-corrected chi connectivity index (χ4v) is 4.90. The molecule has 0 bridgehead atoms. The quantitative estimate of drug-likeness (QED) is 0.855. The Morgan fingerprint density at radius 2 is 2.18 bits per heavy atom. The number of anilines is 1. The minimum atomic E-state index is -0.00480. The van der Waals surface area contributed by atoms with Crippen LogP contribution < -0.4 is 5.32 Å². The van der Waals surface area contributed by atoms with Crippen molar-refractivity contribution in [1.82, 2.24) is 15.1 Å². The second kappa shape index (κ2) is 7.61. The number of carbonyl (C=O) groups is 1. The number of rotatable bonds is 6. The number of carbonyl (C=O) groups excluding carboxylic acids is 1. The van der Waals surface area contributed by atoms with Gasteiger partial charge < -0.3 is 15.0 Å². The molecule has 8 heteroatoms. The maximum absolute atomic E-state index is 12.6. The van der Waals surface area contributed by atoms with Crippen LogP contribution >= 0.6 is 23.1 Å². The van der Waals surface area contributed by atoms with Crippen LogP contribution in [0.1, 0.15) is 32.6 Å². The smallest absolute Gasteiger partial charge is 0.236 e. The maximum Gasteiger partial charge on any atom is 0.236 e. The summed E-state index contributed by atoms with van der Waals surface area (Å²) < 4.78 is 6.27. The lowest BCUT2D eigenvalue weighted by molar-refractivity contribution is -0.130. The number of amides is 1. The van der Waals surface area contributed by atoms with Crippen LogP contribution in [-0.2, 0) is 9.53 Å². The molecule has 2 fully saturated rings. The third-order valence-corrected chi connectivity index (χ3v) is 6.22. The van der Waals surface area contributed by atoms with Crippen LogP contribution in [0.3, 0.4) is 0 Å². The first-order valence-corrected chi connectivity index (χ1v) is 9.60. The number of nitrogens with one attached hydrogen (secondary N) is 1. The van der Waals surface area contributed by atoms with Gasteiger partial charge in [0.05, 0.1) is 5.25 Å². The van der Waals surface area contributed by atoms with Gasteiger partial charge in [-0.15, -0.1) is 10.2 Å². The molecule has 3 heterocycles. The summed E-state index contributed by atoms with van der Waals surface area (Å²) in [6.45, 7) is 5.43. The van der Waals surface area contributed by atoms with Crippen LogP contribution in [0.15, 0.2) is 4.34 Å². The van der Waals surface area contributed by atoms with Crippen LogP contribution in [0.5, 0.6) is 0 Å². The molecular formula is C14H22N4O2S2. The Labute approximate surface area is 139 Å². The maximum atomic E-state index is 12.6. The van der Waals surface area contributed by atoms with E-state index >= 15 is 0 Å². The molecule has 0 saturated carbocycles. The summed E-state index contributed by atoms with van der Waals surface area (Å²) in [5, 5.41) is 12.4. The molecule has 1 aromatic heterocycles. The number of hydrogen-bond acceptors (Lipinski definition) is 7. The van der Waals surface area contributed by atoms with E-state index in [2.05, 4.69) is 27.3 Å². The Morgan fingerprint density at radius 3 is 2.95 bits per heavy atom. The van der Waals surface area contributed by atoms with E-state index in [1.165, 1.54) is 11.3 Å². The monoisotopic (exact) mass is 342 g/mol. The summed E-state index contributed by atoms with van der Waals surface area (Å²) in [6.07, 6.45) is 3.89. The van der Waals surface area contributed by atoms with Gasteiger partial charge in [0.25, 0.3) is 0 Å². The topological polar surface area (TPSA) is 67.3 Å². The van der Waals surface area contributed by atoms with E-state index in [1.807, 2.05) is 0 Å². The Morgan fingerprint density at radius 1 is 1.36 bits per heavy atom. The molecule has 1 atom stereocenters. The molecule has 1 aromatic rings. The van der Waals surface area contributed by atoms with Gasteiger partial charge in [-0.3, -0.25) is 4.79 Å². The number of thioether (sulfide) groups is 1. The third kappa shape index (κ3) is 3.72. The fraction of sp³-hybridized carbons (Fsp3) is 0.786. The minimum absolute atomic E-state index is 0.00480. The van der Waals surface area contributed by atoms with Gasteiger partial charge in [-0.1, -0.05) is 30.0 Å². The lowest BCUT2D eigenvalue weighted by Crippen LogP contribution is -2.41. The van der Waals surface area contributed by atoms with E-state index < -0.39 is 0 Å². The molecule has 3 rings (SSSR count). The highest BCUT2D eigenvalue weighted by Gasteiger charge is 2.37. The standard InChI is InChI=1S/C14H22N4O2S2/c1-2-6-15-13-16-17-14(22-13)21-11-3-7-18(12(11)19)10-4-8-20-9-5-10/h10-11H,2-9H2,1H3,(H,15,16)/t11-/m1/s1. The molecule has 1 N–H and O–H groups in total. The molecule has 0 unspecified atom stereocenters. The van der Waals surface area contributed by atoms with Crippen LogP contribution in [0.4, 0.5) is 5.13 Å². The molecule has 122 valence electrons. The largest absolute Gasteiger partial charge is 0.381 e. The Kier molecular flexibility index (Phi) is 5.54. The molecule has 2 saturated heterocycles. The van der Waals surface area contributed by atoms with E-state index in [4.69, 9.17) is 4.74 Å². The molecule has 2 aliphatic heterocycles. The van der Waals surface area contributed by atoms with Gasteiger partial charge in [-0.2, -0.15) is 0 Å². The van der Waals surface area contributed by atoms with Gasteiger partial charge in [0.1, 0.15) is 0 Å². The molecule has 2 aliphatic rings. The van der Waals surface area contributed by atoms with Gasteiger partial charge >= 0.3 is 0 Å². The van der Waals surface area contributed by atoms with Crippen molar-refractivity contribution in [2.75, 3.05) is 31.6 Å². The van der Waals surface area contributed by atoms with E-state index in [9.17, 15) is 4.79 Å². The molecule has 0 radical (unpaired) electrons. The fourth-order valence-electron chi connectivity index (χ4n) is 2.83. The van der Waals surface area contributed by atoms with Crippen molar-refractivity contribution in [3.05, 3.63) is 0 Å². The van der Waals surface area contributed by atoms with Crippen LogP contribution in [0.2, 0.25) is 0 Å². The zero-order chi connectivity index (χ0) is 15.4. The van der Waals surface area contributed by atoms with E-state index in [0.29, 0.717) is 6.04 Å². The molecule has 1 amide bonds. The normalized spacial score (nSPS) is 23.2. The predicted molar refractivity (Wildman–Crippen MR) is 88.5 cm³/mol. The lowest BCUT2D eigenvalue weighted by atomic mass is 10.1. The molecule has 0 aliphatic carbocycles. The van der Waals surface area contributed by atoms with Crippen molar-refractivity contribution < 1.29 is 9.53 Å². The van der Waals surface area contributed by atoms with Gasteiger partial charge in [0.2, 0.25) is 11.0 Å². The number of hydrogen-bond donors (Lipinski definition) is 1. The number of ether oxygens (including phenoxy) is 1. The first kappa shape index (κ1) is 16.0. The highest BCUT2D eigenvalue weighted by Crippen LogP contribution is 2.35. The first-order valence-electron chi connectivity index (χ1n) is 7.90. The van der Waals surface area contributed by atoms with Crippen molar-refractivity contribution in [2.24, 2.45) is 0 Å². The summed E-state index contributed by atoms with van der Waals surface area (Å²) in [5.41, 5.74) is 0. The number of aromatic nitrogens is 2. The van der Waals surface area contributed by atoms with E-state index in [0.717, 1.165) is 61.5 Å². The number of likely N-dealkylation sites (tertiary alicyclic amines) is 1. The summed E-state index contributed by atoms with van der Waals surface area (Å²) in [6, 6.07) is 0.364. The van der Waals surface area contributed by atoms with Crippen LogP contribution in [-0.4, -0.2) is 58.6 Å². The Balaban J connectivity index is 1.54. The van der Waals surface area contributed by atoms with Crippen LogP contribution in [0, 0.1) is 0 Å². The SMILES string of the molecule is CCCNc1nnc(S[C@@H]2CCN(C3CCOCC3)C2=O)s1. The summed E-state index contributed by atoms with van der Waals surface area (Å²) in [7, 11) is 0. The summed E-state index contributed by atoms with van der Waals surface area (Å²) in [4.78, 5) is 14.6. The zero-order valence-corrected chi connectivity index (χ0v) is 14.4. The van der Waals surface area contributed by atoms with Gasteiger partial charge in [-0.05, 0) is 25.7 Å². The summed E-state index contributed by atoms with van der Waals surface area (Å²) >= 11 is 3.10. The van der Waals surface area contributed by atoms with Gasteiger partial charge in [0.15, 0.2) is 4.34 Å². The molecule has 0 spiro atoms. The van der Waals surface area contributed by atoms with E-state index in [-0.39, 0.29) is 11.2 Å². The van der Waals surface area contributed by atoms with Crippen molar-refractivity contribution in [3.63, 3.8) is 0 Å². The van der Waals surface area contributed by atoms with E-state index in [1.54, 1.807) is 11.8 Å². The molecular weight excluding hydrogens is 320 g/mol. The third-order valence-electron chi connectivity index (χ3n) is 4.00. The predicted octanol–water partition coefficient (Wildman–Crippen LogP) is 2.23. The second-order valence-electron chi connectivity index (χ2n) is 5.57. The molecule has 0 aromatic carbocycles. The van der Waals surface area contributed by atoms with Crippen molar-refractivity contribution in [1.29, 1.82) is 0 Å². The van der Waals surface area contributed by atoms with Crippen molar-refractivity contribution >= 4 is 34.1 Å². The average molecular weight is 342 g/mol. The zero-order valence-electron chi connectivity index (χ0n) is 12.8. The van der Waals surface area contributed by atoms with Gasteiger partial charge in [-0.25, -0.2) is 0 Å². The molecule has 6 nitrogen and oxygen atoms in total. The van der Waals surface area contributed by atoms with Crippen LogP contribution in [0.25, 0.3) is 0 Å². The van der Waals surface area contributed by atoms with Gasteiger partial charge in [0, 0.05) is 32.3 Å². The van der Waals surface area contributed by atoms with Crippen molar-refractivity contribution in [3.8, 4) is 0 Å². The highest BCUT2D eigenvalue weighted by atomic mass is 32.2. The second-order valence-corrected chi connectivity index (χ2v) is 8.00. The first-order chi connectivity index (χ1) is 10.8. The Bertz CT molecular complexity index is 505. The minimum Gasteiger partial charge on any atom is -0.381 e. The summed E-state index contributed by atoms with van der Waals surface area (Å²) in [5.74, 6) is 0.259. The molecule has 22 heavy (non-hydrogen) atoms. The highest BCUT2D eigenvalue weighted by molar-refractivity contribution is 8.02. The van der Waals surface area contributed by atoms with Crippen molar-refractivity contribution in [2.45, 2.75) is 48.2 Å². The average Bonchev–Trinajstić information content (AvgIpc) is 3.14.